The van der Waals surface area contributed by atoms with Crippen LogP contribution in [0.4, 0.5) is 4.39 Å². The van der Waals surface area contributed by atoms with E-state index in [0.717, 1.165) is 62.0 Å². The summed E-state index contributed by atoms with van der Waals surface area (Å²) >= 11 is 6.30. The van der Waals surface area contributed by atoms with Crippen molar-refractivity contribution < 1.29 is 22.3 Å². The van der Waals surface area contributed by atoms with Gasteiger partial charge in [0.2, 0.25) is 0 Å². The quantitative estimate of drug-likeness (QED) is 0.677. The molecule has 0 atom stereocenters. The highest BCUT2D eigenvalue weighted by Gasteiger charge is 2.51. The molecule has 1 N–H and O–H groups in total. The summed E-state index contributed by atoms with van der Waals surface area (Å²) in [4.78, 5) is 12.4. The molecule has 4 saturated carbocycles. The standard InChI is InChI=1S/C22H28ClFN2O4S/c23-18-8-17(21(27)25-31(28,29)26-3-1-2-4-26)19(24)9-20(18)30-13-22-10-14-5-15(11-22)7-16(6-14)12-22/h8-9,14-16H,1-7,10-13H2,(H,25,27). The Morgan fingerprint density at radius 2 is 1.71 bits per heavy atom. The maximum absolute atomic E-state index is 14.7. The van der Waals surface area contributed by atoms with Crippen molar-refractivity contribution in [3.05, 3.63) is 28.5 Å². The van der Waals surface area contributed by atoms with Gasteiger partial charge in [-0.15, -0.1) is 0 Å². The van der Waals surface area contributed by atoms with Gasteiger partial charge in [-0.2, -0.15) is 12.7 Å². The molecule has 9 heteroatoms. The summed E-state index contributed by atoms with van der Waals surface area (Å²) in [5.41, 5.74) is -0.260. The third-order valence-electron chi connectivity index (χ3n) is 7.59. The fourth-order valence-corrected chi connectivity index (χ4v) is 8.11. The average Bonchev–Trinajstić information content (AvgIpc) is 3.23. The van der Waals surface area contributed by atoms with Gasteiger partial charge in [-0.05, 0) is 75.2 Å². The molecule has 1 aromatic rings. The van der Waals surface area contributed by atoms with Crippen LogP contribution in [0.2, 0.25) is 5.02 Å². The zero-order chi connectivity index (χ0) is 21.8. The van der Waals surface area contributed by atoms with Gasteiger partial charge in [-0.1, -0.05) is 11.6 Å². The first-order chi connectivity index (χ1) is 14.7. The lowest BCUT2D eigenvalue weighted by molar-refractivity contribution is -0.0745. The molecule has 1 aromatic carbocycles. The van der Waals surface area contributed by atoms with Crippen molar-refractivity contribution in [1.29, 1.82) is 0 Å². The number of rotatable bonds is 6. The number of carbonyl (C=O) groups excluding carboxylic acids is 1. The molecule has 0 spiro atoms. The molecule has 1 heterocycles. The number of carbonyl (C=O) groups is 1. The SMILES string of the molecule is O=C(NS(=O)(=O)N1CCCC1)c1cc(Cl)c(OCC23CC4CC(CC(C4)C2)C3)cc1F. The summed E-state index contributed by atoms with van der Waals surface area (Å²) < 4.78 is 48.4. The number of nitrogens with one attached hydrogen (secondary N) is 1. The van der Waals surface area contributed by atoms with Crippen LogP contribution in [0, 0.1) is 29.0 Å². The zero-order valence-electron chi connectivity index (χ0n) is 17.4. The van der Waals surface area contributed by atoms with Crippen LogP contribution in [-0.2, 0) is 10.2 Å². The minimum Gasteiger partial charge on any atom is -0.491 e. The maximum atomic E-state index is 14.7. The molecule has 1 saturated heterocycles. The number of halogens is 2. The Morgan fingerprint density at radius 3 is 2.29 bits per heavy atom. The van der Waals surface area contributed by atoms with Crippen molar-refractivity contribution in [2.75, 3.05) is 19.7 Å². The fourth-order valence-electron chi connectivity index (χ4n) is 6.68. The Labute approximate surface area is 187 Å². The van der Waals surface area contributed by atoms with Crippen LogP contribution in [0.3, 0.4) is 0 Å². The second kappa shape index (κ2) is 7.89. The van der Waals surface area contributed by atoms with Gasteiger partial charge in [-0.25, -0.2) is 9.11 Å². The van der Waals surface area contributed by atoms with Crippen molar-refractivity contribution in [3.8, 4) is 5.75 Å². The molecule has 4 aliphatic carbocycles. The van der Waals surface area contributed by atoms with E-state index in [4.69, 9.17) is 16.3 Å². The molecule has 1 aliphatic heterocycles. The minimum atomic E-state index is -3.99. The van der Waals surface area contributed by atoms with E-state index in [0.29, 0.717) is 19.7 Å². The molecule has 4 bridgehead atoms. The third-order valence-corrected chi connectivity index (χ3v) is 9.38. The molecule has 6 rings (SSSR count). The number of benzene rings is 1. The van der Waals surface area contributed by atoms with Crippen LogP contribution in [0.15, 0.2) is 12.1 Å². The van der Waals surface area contributed by atoms with Gasteiger partial charge in [-0.3, -0.25) is 4.79 Å². The van der Waals surface area contributed by atoms with E-state index in [-0.39, 0.29) is 16.2 Å². The van der Waals surface area contributed by atoms with Gasteiger partial charge in [0.1, 0.15) is 11.6 Å². The summed E-state index contributed by atoms with van der Waals surface area (Å²) in [6, 6.07) is 2.25. The number of nitrogens with zero attached hydrogens (tertiary/aromatic N) is 1. The van der Waals surface area contributed by atoms with E-state index in [9.17, 15) is 17.6 Å². The van der Waals surface area contributed by atoms with Crippen molar-refractivity contribution in [3.63, 3.8) is 0 Å². The Balaban J connectivity index is 1.28. The number of hydrogen-bond acceptors (Lipinski definition) is 4. The monoisotopic (exact) mass is 470 g/mol. The van der Waals surface area contributed by atoms with Crippen LogP contribution in [0.5, 0.6) is 5.75 Å². The lowest BCUT2D eigenvalue weighted by Crippen LogP contribution is -2.48. The van der Waals surface area contributed by atoms with Gasteiger partial charge in [0.15, 0.2) is 0 Å². The van der Waals surface area contributed by atoms with Gasteiger partial charge in [0.25, 0.3) is 5.91 Å². The Kier molecular flexibility index (Phi) is 5.46. The highest BCUT2D eigenvalue weighted by atomic mass is 35.5. The minimum absolute atomic E-state index is 0.106. The molecular weight excluding hydrogens is 443 g/mol. The number of amides is 1. The summed E-state index contributed by atoms with van der Waals surface area (Å²) in [7, 11) is -3.99. The average molecular weight is 471 g/mol. The smallest absolute Gasteiger partial charge is 0.304 e. The molecule has 0 unspecified atom stereocenters. The van der Waals surface area contributed by atoms with Gasteiger partial charge >= 0.3 is 10.2 Å². The van der Waals surface area contributed by atoms with Crippen molar-refractivity contribution in [2.45, 2.75) is 51.4 Å². The normalized spacial score (nSPS) is 32.4. The van der Waals surface area contributed by atoms with Crippen LogP contribution < -0.4 is 9.46 Å². The van der Waals surface area contributed by atoms with Gasteiger partial charge < -0.3 is 4.74 Å². The summed E-state index contributed by atoms with van der Waals surface area (Å²) in [5, 5.41) is 0.106. The summed E-state index contributed by atoms with van der Waals surface area (Å²) in [5.74, 6) is 0.675. The zero-order valence-corrected chi connectivity index (χ0v) is 19.0. The lowest BCUT2D eigenvalue weighted by Gasteiger charge is -2.56. The first-order valence-corrected chi connectivity index (χ1v) is 13.0. The molecule has 1 amide bonds. The van der Waals surface area contributed by atoms with Crippen LogP contribution in [0.25, 0.3) is 0 Å². The Morgan fingerprint density at radius 1 is 1.13 bits per heavy atom. The van der Waals surface area contributed by atoms with E-state index >= 15 is 0 Å². The molecule has 31 heavy (non-hydrogen) atoms. The fraction of sp³-hybridized carbons (Fsp3) is 0.682. The predicted octanol–water partition coefficient (Wildman–Crippen LogP) is 4.14. The third kappa shape index (κ3) is 4.18. The maximum Gasteiger partial charge on any atom is 0.304 e. The number of hydrogen-bond donors (Lipinski definition) is 1. The van der Waals surface area contributed by atoms with E-state index < -0.39 is 27.5 Å². The largest absolute Gasteiger partial charge is 0.491 e. The van der Waals surface area contributed by atoms with Crippen LogP contribution in [-0.4, -0.2) is 38.3 Å². The number of ether oxygens (including phenoxy) is 1. The highest BCUT2D eigenvalue weighted by Crippen LogP contribution is 2.60. The van der Waals surface area contributed by atoms with Crippen molar-refractivity contribution in [1.82, 2.24) is 9.03 Å². The topological polar surface area (TPSA) is 75.7 Å². The van der Waals surface area contributed by atoms with Crippen molar-refractivity contribution in [2.24, 2.45) is 23.2 Å². The van der Waals surface area contributed by atoms with Gasteiger partial charge in [0.05, 0.1) is 17.2 Å². The molecule has 5 fully saturated rings. The molecule has 6 nitrogen and oxygen atoms in total. The molecular formula is C22H28ClFN2O4S. The Hall–Kier alpha value is -1.38. The van der Waals surface area contributed by atoms with E-state index in [1.165, 1.54) is 23.6 Å². The Bertz CT molecular complexity index is 958. The van der Waals surface area contributed by atoms with Gasteiger partial charge in [0, 0.05) is 24.6 Å². The lowest BCUT2D eigenvalue weighted by atomic mass is 9.50. The van der Waals surface area contributed by atoms with E-state index in [2.05, 4.69) is 0 Å². The van der Waals surface area contributed by atoms with E-state index in [1.54, 1.807) is 0 Å². The van der Waals surface area contributed by atoms with Crippen molar-refractivity contribution >= 4 is 27.7 Å². The first-order valence-electron chi connectivity index (χ1n) is 11.2. The second-order valence-corrected chi connectivity index (χ2v) is 12.1. The highest BCUT2D eigenvalue weighted by molar-refractivity contribution is 7.87. The van der Waals surface area contributed by atoms with E-state index in [1.807, 2.05) is 4.72 Å². The van der Waals surface area contributed by atoms with Crippen LogP contribution >= 0.6 is 11.6 Å². The summed E-state index contributed by atoms with van der Waals surface area (Å²) in [6.45, 7) is 1.20. The van der Waals surface area contributed by atoms with Crippen LogP contribution in [0.1, 0.15) is 61.7 Å². The molecule has 170 valence electrons. The first kappa shape index (κ1) is 21.5. The molecule has 0 radical (unpaired) electrons. The predicted molar refractivity (Wildman–Crippen MR) is 115 cm³/mol. The molecule has 5 aliphatic rings. The summed E-state index contributed by atoms with van der Waals surface area (Å²) in [6.07, 6.45) is 8.96. The second-order valence-electron chi connectivity index (χ2n) is 10.0. The molecule has 0 aromatic heterocycles.